The van der Waals surface area contributed by atoms with Gasteiger partial charge in [0.1, 0.15) is 0 Å². The average molecular weight is 294 g/mol. The fourth-order valence-electron chi connectivity index (χ4n) is 1.83. The second-order valence-corrected chi connectivity index (χ2v) is 5.02. The molecule has 0 unspecified atom stereocenters. The van der Waals surface area contributed by atoms with Crippen molar-refractivity contribution < 1.29 is 13.2 Å². The number of thiazole rings is 1. The van der Waals surface area contributed by atoms with E-state index in [0.717, 1.165) is 17.3 Å². The standard InChI is InChI=1S/C14H9F3N2S/c15-14(16,17)11-5-3-4-10(8-11)12-9-20-13(18-12)19-6-1-2-7-19/h1-9H. The summed E-state index contributed by atoms with van der Waals surface area (Å²) >= 11 is 1.39. The van der Waals surface area contributed by atoms with Gasteiger partial charge in [0.05, 0.1) is 11.3 Å². The molecule has 0 aliphatic rings. The van der Waals surface area contributed by atoms with Crippen LogP contribution in [0.5, 0.6) is 0 Å². The van der Waals surface area contributed by atoms with Crippen LogP contribution in [0.1, 0.15) is 5.56 Å². The summed E-state index contributed by atoms with van der Waals surface area (Å²) in [5.41, 5.74) is 0.352. The molecule has 3 rings (SSSR count). The zero-order chi connectivity index (χ0) is 14.2. The molecule has 2 nitrogen and oxygen atoms in total. The van der Waals surface area contributed by atoms with Crippen LogP contribution in [0, 0.1) is 0 Å². The smallest absolute Gasteiger partial charge is 0.300 e. The Hall–Kier alpha value is -2.08. The monoisotopic (exact) mass is 294 g/mol. The number of halogens is 3. The van der Waals surface area contributed by atoms with Gasteiger partial charge in [0.2, 0.25) is 0 Å². The molecule has 2 aromatic heterocycles. The van der Waals surface area contributed by atoms with E-state index in [9.17, 15) is 13.2 Å². The number of hydrogen-bond acceptors (Lipinski definition) is 2. The van der Waals surface area contributed by atoms with Crippen LogP contribution in [0.4, 0.5) is 13.2 Å². The van der Waals surface area contributed by atoms with Gasteiger partial charge in [-0.2, -0.15) is 13.2 Å². The van der Waals surface area contributed by atoms with Gasteiger partial charge in [0, 0.05) is 23.3 Å². The number of hydrogen-bond donors (Lipinski definition) is 0. The molecule has 0 amide bonds. The minimum Gasteiger partial charge on any atom is -0.300 e. The number of alkyl halides is 3. The molecule has 20 heavy (non-hydrogen) atoms. The lowest BCUT2D eigenvalue weighted by molar-refractivity contribution is -0.137. The summed E-state index contributed by atoms with van der Waals surface area (Å²) < 4.78 is 39.9. The summed E-state index contributed by atoms with van der Waals surface area (Å²) in [7, 11) is 0. The molecule has 6 heteroatoms. The highest BCUT2D eigenvalue weighted by molar-refractivity contribution is 7.12. The maximum atomic E-state index is 12.7. The Morgan fingerprint density at radius 1 is 1.05 bits per heavy atom. The third kappa shape index (κ3) is 2.46. The van der Waals surface area contributed by atoms with Crippen molar-refractivity contribution >= 4 is 11.3 Å². The highest BCUT2D eigenvalue weighted by Crippen LogP contribution is 2.32. The normalized spacial score (nSPS) is 11.8. The Morgan fingerprint density at radius 2 is 1.80 bits per heavy atom. The molecule has 0 spiro atoms. The molecule has 0 bridgehead atoms. The predicted molar refractivity (Wildman–Crippen MR) is 71.9 cm³/mol. The third-order valence-corrected chi connectivity index (χ3v) is 3.66. The topological polar surface area (TPSA) is 17.8 Å². The Labute approximate surface area is 117 Å². The molecular weight excluding hydrogens is 285 g/mol. The molecule has 0 atom stereocenters. The van der Waals surface area contributed by atoms with E-state index in [0.29, 0.717) is 11.3 Å². The van der Waals surface area contributed by atoms with Gasteiger partial charge in [-0.05, 0) is 24.3 Å². The minimum absolute atomic E-state index is 0.467. The van der Waals surface area contributed by atoms with Crippen LogP contribution in [0.3, 0.4) is 0 Å². The molecular formula is C14H9F3N2S. The van der Waals surface area contributed by atoms with Gasteiger partial charge in [-0.1, -0.05) is 12.1 Å². The molecule has 0 N–H and O–H groups in total. The van der Waals surface area contributed by atoms with Crippen LogP contribution in [0.15, 0.2) is 54.2 Å². The van der Waals surface area contributed by atoms with E-state index >= 15 is 0 Å². The van der Waals surface area contributed by atoms with E-state index in [2.05, 4.69) is 4.98 Å². The number of nitrogens with zero attached hydrogens (tertiary/aromatic N) is 2. The number of rotatable bonds is 2. The summed E-state index contributed by atoms with van der Waals surface area (Å²) in [4.78, 5) is 4.36. The van der Waals surface area contributed by atoms with Crippen molar-refractivity contribution in [3.05, 3.63) is 59.7 Å². The van der Waals surface area contributed by atoms with Crippen molar-refractivity contribution in [3.8, 4) is 16.4 Å². The first-order chi connectivity index (χ1) is 9.54. The highest BCUT2D eigenvalue weighted by Gasteiger charge is 2.30. The second kappa shape index (κ2) is 4.79. The third-order valence-electron chi connectivity index (χ3n) is 2.80. The first kappa shape index (κ1) is 12.9. The van der Waals surface area contributed by atoms with Crippen molar-refractivity contribution in [1.82, 2.24) is 9.55 Å². The van der Waals surface area contributed by atoms with Gasteiger partial charge in [-0.3, -0.25) is 0 Å². The van der Waals surface area contributed by atoms with Gasteiger partial charge >= 0.3 is 6.18 Å². The first-order valence-corrected chi connectivity index (χ1v) is 6.68. The van der Waals surface area contributed by atoms with Crippen molar-refractivity contribution in [1.29, 1.82) is 0 Å². The lowest BCUT2D eigenvalue weighted by Crippen LogP contribution is -2.04. The fraction of sp³-hybridized carbons (Fsp3) is 0.0714. The Balaban J connectivity index is 1.98. The molecule has 0 fully saturated rings. The van der Waals surface area contributed by atoms with Gasteiger partial charge in [0.25, 0.3) is 0 Å². The van der Waals surface area contributed by atoms with Crippen molar-refractivity contribution in [2.24, 2.45) is 0 Å². The summed E-state index contributed by atoms with van der Waals surface area (Å²) in [5.74, 6) is 0. The number of aromatic nitrogens is 2. The average Bonchev–Trinajstić information content (AvgIpc) is 3.09. The van der Waals surface area contributed by atoms with Crippen molar-refractivity contribution in [2.45, 2.75) is 6.18 Å². The highest BCUT2D eigenvalue weighted by atomic mass is 32.1. The quantitative estimate of drug-likeness (QED) is 0.674. The molecule has 1 aromatic carbocycles. The van der Waals surface area contributed by atoms with Crippen LogP contribution in [-0.4, -0.2) is 9.55 Å². The molecule has 102 valence electrons. The van der Waals surface area contributed by atoms with Crippen molar-refractivity contribution in [3.63, 3.8) is 0 Å². The lowest BCUT2D eigenvalue weighted by atomic mass is 10.1. The first-order valence-electron chi connectivity index (χ1n) is 5.80. The van der Waals surface area contributed by atoms with E-state index in [4.69, 9.17) is 0 Å². The molecule has 0 aliphatic heterocycles. The summed E-state index contributed by atoms with van der Waals surface area (Å²) in [6.45, 7) is 0. The van der Waals surface area contributed by atoms with Crippen LogP contribution in [0.25, 0.3) is 16.4 Å². The van der Waals surface area contributed by atoms with E-state index < -0.39 is 11.7 Å². The minimum atomic E-state index is -4.34. The maximum absolute atomic E-state index is 12.7. The van der Waals surface area contributed by atoms with Gasteiger partial charge in [-0.15, -0.1) is 11.3 Å². The zero-order valence-electron chi connectivity index (χ0n) is 10.1. The van der Waals surface area contributed by atoms with Crippen molar-refractivity contribution in [2.75, 3.05) is 0 Å². The molecule has 0 radical (unpaired) electrons. The zero-order valence-corrected chi connectivity index (χ0v) is 10.9. The summed E-state index contributed by atoms with van der Waals surface area (Å²) in [6.07, 6.45) is -0.654. The summed E-state index contributed by atoms with van der Waals surface area (Å²) in [5, 5.41) is 2.48. The number of benzene rings is 1. The van der Waals surface area contributed by atoms with Crippen LogP contribution in [0.2, 0.25) is 0 Å². The van der Waals surface area contributed by atoms with Crippen LogP contribution < -0.4 is 0 Å². The van der Waals surface area contributed by atoms with Gasteiger partial charge in [0.15, 0.2) is 5.13 Å². The maximum Gasteiger partial charge on any atom is 0.416 e. The Morgan fingerprint density at radius 3 is 2.50 bits per heavy atom. The second-order valence-electron chi connectivity index (χ2n) is 4.18. The van der Waals surface area contributed by atoms with E-state index in [1.165, 1.54) is 17.4 Å². The molecule has 3 aromatic rings. The van der Waals surface area contributed by atoms with Crippen LogP contribution in [-0.2, 0) is 6.18 Å². The molecule has 0 aliphatic carbocycles. The Bertz CT molecular complexity index is 714. The molecule has 0 saturated heterocycles. The predicted octanol–water partition coefficient (Wildman–Crippen LogP) is 4.62. The summed E-state index contributed by atoms with van der Waals surface area (Å²) in [6, 6.07) is 8.94. The molecule has 2 heterocycles. The van der Waals surface area contributed by atoms with Crippen LogP contribution >= 0.6 is 11.3 Å². The van der Waals surface area contributed by atoms with E-state index in [1.807, 2.05) is 29.1 Å². The van der Waals surface area contributed by atoms with Gasteiger partial charge in [-0.25, -0.2) is 4.98 Å². The van der Waals surface area contributed by atoms with E-state index in [1.54, 1.807) is 11.4 Å². The van der Waals surface area contributed by atoms with Gasteiger partial charge < -0.3 is 4.57 Å². The lowest BCUT2D eigenvalue weighted by Gasteiger charge is -2.07. The SMILES string of the molecule is FC(F)(F)c1cccc(-c2csc(-n3cccc3)n2)c1. The Kier molecular flexibility index (Phi) is 3.10. The largest absolute Gasteiger partial charge is 0.416 e. The fourth-order valence-corrected chi connectivity index (χ4v) is 2.63. The van der Waals surface area contributed by atoms with E-state index in [-0.39, 0.29) is 0 Å². The molecule has 0 saturated carbocycles.